The Hall–Kier alpha value is -1.59. The molecule has 3 N–H and O–H groups in total. The normalized spacial score (nSPS) is 19.6. The van der Waals surface area contributed by atoms with Gasteiger partial charge in [0, 0.05) is 6.54 Å². The SMILES string of the molecule is Cc1ccc2c(c1)C(NC(=O)N(CC(C)O)C(C)CO)CCC2. The van der Waals surface area contributed by atoms with Crippen molar-refractivity contribution in [2.75, 3.05) is 13.2 Å². The maximum absolute atomic E-state index is 12.6. The largest absolute Gasteiger partial charge is 0.394 e. The number of amides is 2. The van der Waals surface area contributed by atoms with Crippen molar-refractivity contribution in [2.45, 2.75) is 58.2 Å². The number of urea groups is 1. The number of hydrogen-bond acceptors (Lipinski definition) is 3. The summed E-state index contributed by atoms with van der Waals surface area (Å²) < 4.78 is 0. The summed E-state index contributed by atoms with van der Waals surface area (Å²) in [5, 5.41) is 22.1. The minimum Gasteiger partial charge on any atom is -0.394 e. The van der Waals surface area contributed by atoms with Crippen LogP contribution in [0.5, 0.6) is 0 Å². The summed E-state index contributed by atoms with van der Waals surface area (Å²) in [7, 11) is 0. The second-order valence-electron chi connectivity index (χ2n) is 6.63. The molecule has 1 aromatic rings. The molecule has 0 aromatic heterocycles. The summed E-state index contributed by atoms with van der Waals surface area (Å²) >= 11 is 0. The first kappa shape index (κ1) is 17.8. The number of aliphatic hydroxyl groups is 2. The van der Waals surface area contributed by atoms with Crippen molar-refractivity contribution in [3.8, 4) is 0 Å². The molecule has 2 rings (SSSR count). The van der Waals surface area contributed by atoms with E-state index in [1.165, 1.54) is 21.6 Å². The molecule has 0 aliphatic heterocycles. The van der Waals surface area contributed by atoms with Crippen molar-refractivity contribution >= 4 is 6.03 Å². The van der Waals surface area contributed by atoms with Crippen LogP contribution in [0.4, 0.5) is 4.79 Å². The van der Waals surface area contributed by atoms with Crippen LogP contribution >= 0.6 is 0 Å². The van der Waals surface area contributed by atoms with E-state index < -0.39 is 6.10 Å². The molecule has 0 radical (unpaired) electrons. The predicted octanol–water partition coefficient (Wildman–Crippen LogP) is 2.15. The molecule has 23 heavy (non-hydrogen) atoms. The zero-order chi connectivity index (χ0) is 17.0. The van der Waals surface area contributed by atoms with Gasteiger partial charge in [0.1, 0.15) is 0 Å². The molecule has 0 saturated heterocycles. The fourth-order valence-corrected chi connectivity index (χ4v) is 3.15. The molecule has 5 heteroatoms. The quantitative estimate of drug-likeness (QED) is 0.778. The molecule has 0 saturated carbocycles. The lowest BCUT2D eigenvalue weighted by Gasteiger charge is -2.33. The van der Waals surface area contributed by atoms with Gasteiger partial charge in [-0.15, -0.1) is 0 Å². The second kappa shape index (κ2) is 7.79. The molecular formula is C18H28N2O3. The van der Waals surface area contributed by atoms with Crippen molar-refractivity contribution in [1.82, 2.24) is 10.2 Å². The minimum absolute atomic E-state index is 0.00598. The van der Waals surface area contributed by atoms with Gasteiger partial charge in [-0.1, -0.05) is 23.8 Å². The first-order chi connectivity index (χ1) is 10.9. The zero-order valence-corrected chi connectivity index (χ0v) is 14.2. The number of carbonyl (C=O) groups is 1. The van der Waals surface area contributed by atoms with Gasteiger partial charge in [0.2, 0.25) is 0 Å². The van der Waals surface area contributed by atoms with E-state index in [0.717, 1.165) is 19.3 Å². The molecule has 0 bridgehead atoms. The molecule has 3 atom stereocenters. The number of rotatable bonds is 5. The number of fused-ring (bicyclic) bond motifs is 1. The maximum Gasteiger partial charge on any atom is 0.318 e. The first-order valence-electron chi connectivity index (χ1n) is 8.37. The summed E-state index contributed by atoms with van der Waals surface area (Å²) in [6.07, 6.45) is 2.38. The van der Waals surface area contributed by atoms with Crippen LogP contribution in [0.15, 0.2) is 18.2 Å². The van der Waals surface area contributed by atoms with Crippen molar-refractivity contribution in [2.24, 2.45) is 0 Å². The van der Waals surface area contributed by atoms with Crippen LogP contribution in [0.2, 0.25) is 0 Å². The highest BCUT2D eigenvalue weighted by atomic mass is 16.3. The number of nitrogens with zero attached hydrogens (tertiary/aromatic N) is 1. The Morgan fingerprint density at radius 1 is 1.43 bits per heavy atom. The number of benzene rings is 1. The van der Waals surface area contributed by atoms with E-state index in [-0.39, 0.29) is 31.3 Å². The van der Waals surface area contributed by atoms with Gasteiger partial charge in [-0.2, -0.15) is 0 Å². The van der Waals surface area contributed by atoms with Crippen molar-refractivity contribution < 1.29 is 15.0 Å². The summed E-state index contributed by atoms with van der Waals surface area (Å²) in [5.74, 6) is 0. The van der Waals surface area contributed by atoms with Crippen LogP contribution in [0.1, 0.15) is 49.4 Å². The Bertz CT molecular complexity index is 545. The highest BCUT2D eigenvalue weighted by Gasteiger charge is 2.26. The van der Waals surface area contributed by atoms with E-state index in [9.17, 15) is 15.0 Å². The summed E-state index contributed by atoms with van der Waals surface area (Å²) in [6.45, 7) is 5.56. The fraction of sp³-hybridized carbons (Fsp3) is 0.611. The van der Waals surface area contributed by atoms with E-state index >= 15 is 0 Å². The highest BCUT2D eigenvalue weighted by Crippen LogP contribution is 2.30. The smallest absolute Gasteiger partial charge is 0.318 e. The second-order valence-corrected chi connectivity index (χ2v) is 6.63. The van der Waals surface area contributed by atoms with Gasteiger partial charge in [-0.25, -0.2) is 4.79 Å². The van der Waals surface area contributed by atoms with Crippen molar-refractivity contribution in [3.05, 3.63) is 34.9 Å². The number of hydrogen-bond donors (Lipinski definition) is 3. The topological polar surface area (TPSA) is 72.8 Å². The van der Waals surface area contributed by atoms with Crippen LogP contribution in [0, 0.1) is 6.92 Å². The third-order valence-corrected chi connectivity index (χ3v) is 4.43. The molecule has 1 aliphatic rings. The number of aryl methyl sites for hydroxylation is 2. The summed E-state index contributed by atoms with van der Waals surface area (Å²) in [4.78, 5) is 14.1. The van der Waals surface area contributed by atoms with Crippen LogP contribution < -0.4 is 5.32 Å². The Labute approximate surface area is 138 Å². The van der Waals surface area contributed by atoms with Crippen LogP contribution in [0.25, 0.3) is 0 Å². The van der Waals surface area contributed by atoms with E-state index in [4.69, 9.17) is 0 Å². The number of carbonyl (C=O) groups excluding carboxylic acids is 1. The van der Waals surface area contributed by atoms with Gasteiger partial charge in [0.05, 0.1) is 24.8 Å². The Kier molecular flexibility index (Phi) is 6.02. The Morgan fingerprint density at radius 3 is 2.83 bits per heavy atom. The van der Waals surface area contributed by atoms with E-state index in [1.807, 2.05) is 0 Å². The summed E-state index contributed by atoms with van der Waals surface area (Å²) in [5.41, 5.74) is 3.68. The van der Waals surface area contributed by atoms with Gasteiger partial charge >= 0.3 is 6.03 Å². The molecule has 3 unspecified atom stereocenters. The maximum atomic E-state index is 12.6. The standard InChI is InChI=1S/C18H28N2O3/c1-12-7-8-15-5-4-6-17(16(15)9-12)19-18(23)20(10-14(3)22)13(2)11-21/h7-9,13-14,17,21-22H,4-6,10-11H2,1-3H3,(H,19,23). The van der Waals surface area contributed by atoms with Crippen LogP contribution in [-0.4, -0.2) is 46.4 Å². The lowest BCUT2D eigenvalue weighted by Crippen LogP contribution is -2.50. The molecular weight excluding hydrogens is 292 g/mol. The fourth-order valence-electron chi connectivity index (χ4n) is 3.15. The number of aliphatic hydroxyl groups excluding tert-OH is 2. The Morgan fingerprint density at radius 2 is 2.17 bits per heavy atom. The lowest BCUT2D eigenvalue weighted by atomic mass is 9.87. The third kappa shape index (κ3) is 4.45. The number of nitrogens with one attached hydrogen (secondary N) is 1. The molecule has 0 fully saturated rings. The molecule has 1 aliphatic carbocycles. The molecule has 1 aromatic carbocycles. The van der Waals surface area contributed by atoms with E-state index in [0.29, 0.717) is 0 Å². The molecule has 128 valence electrons. The molecule has 5 nitrogen and oxygen atoms in total. The minimum atomic E-state index is -0.629. The lowest BCUT2D eigenvalue weighted by molar-refractivity contribution is 0.0920. The molecule has 2 amide bonds. The first-order valence-corrected chi connectivity index (χ1v) is 8.37. The van der Waals surface area contributed by atoms with Crippen LogP contribution in [-0.2, 0) is 6.42 Å². The van der Waals surface area contributed by atoms with Gasteiger partial charge in [0.15, 0.2) is 0 Å². The zero-order valence-electron chi connectivity index (χ0n) is 14.2. The van der Waals surface area contributed by atoms with Crippen molar-refractivity contribution in [1.29, 1.82) is 0 Å². The van der Waals surface area contributed by atoms with Gasteiger partial charge in [-0.3, -0.25) is 0 Å². The van der Waals surface area contributed by atoms with Crippen molar-refractivity contribution in [3.63, 3.8) is 0 Å². The summed E-state index contributed by atoms with van der Waals surface area (Å²) in [6, 6.07) is 5.84. The van der Waals surface area contributed by atoms with Gasteiger partial charge < -0.3 is 20.4 Å². The van der Waals surface area contributed by atoms with Gasteiger partial charge in [0.25, 0.3) is 0 Å². The average Bonchev–Trinajstić information content (AvgIpc) is 2.52. The Balaban J connectivity index is 2.14. The average molecular weight is 320 g/mol. The highest BCUT2D eigenvalue weighted by molar-refractivity contribution is 5.75. The van der Waals surface area contributed by atoms with Gasteiger partial charge in [-0.05, 0) is 51.2 Å². The molecule has 0 spiro atoms. The predicted molar refractivity (Wildman–Crippen MR) is 90.3 cm³/mol. The van der Waals surface area contributed by atoms with E-state index in [1.54, 1.807) is 13.8 Å². The monoisotopic (exact) mass is 320 g/mol. The third-order valence-electron chi connectivity index (χ3n) is 4.43. The van der Waals surface area contributed by atoms with Crippen LogP contribution in [0.3, 0.4) is 0 Å². The van der Waals surface area contributed by atoms with E-state index in [2.05, 4.69) is 30.4 Å². The molecule has 0 heterocycles.